The third-order valence-corrected chi connectivity index (χ3v) is 3.77. The minimum absolute atomic E-state index is 0.0545. The SMILES string of the molecule is O=C(COc1ccc(Br)cc1)NC1=NN(c2ccccc2)C(=O)C1. The van der Waals surface area contributed by atoms with E-state index in [0.717, 1.165) is 4.47 Å². The standard InChI is InChI=1S/C17H14BrN3O3/c18-12-6-8-14(9-7-12)24-11-16(22)19-15-10-17(23)21(20-15)13-4-2-1-3-5-13/h1-9H,10-11H2,(H,19,20,22). The summed E-state index contributed by atoms with van der Waals surface area (Å²) in [6, 6.07) is 16.2. The van der Waals surface area contributed by atoms with Gasteiger partial charge >= 0.3 is 0 Å². The minimum Gasteiger partial charge on any atom is -0.484 e. The van der Waals surface area contributed by atoms with Gasteiger partial charge in [-0.2, -0.15) is 10.1 Å². The molecular weight excluding hydrogens is 374 g/mol. The van der Waals surface area contributed by atoms with Gasteiger partial charge in [-0.15, -0.1) is 0 Å². The molecule has 3 rings (SSSR count). The second-order valence-corrected chi connectivity index (χ2v) is 5.97. The van der Waals surface area contributed by atoms with Gasteiger partial charge in [0.25, 0.3) is 11.8 Å². The van der Waals surface area contributed by atoms with E-state index in [1.807, 2.05) is 30.3 Å². The minimum atomic E-state index is -0.362. The van der Waals surface area contributed by atoms with Crippen LogP contribution in [0.5, 0.6) is 5.75 Å². The fraction of sp³-hybridized carbons (Fsp3) is 0.118. The Morgan fingerprint density at radius 2 is 1.88 bits per heavy atom. The Labute approximate surface area is 147 Å². The number of hydrazone groups is 1. The molecule has 0 aromatic heterocycles. The van der Waals surface area contributed by atoms with Crippen LogP contribution in [-0.2, 0) is 9.59 Å². The normalized spacial score (nSPS) is 13.6. The van der Waals surface area contributed by atoms with Crippen LogP contribution in [0.25, 0.3) is 0 Å². The van der Waals surface area contributed by atoms with Crippen molar-refractivity contribution in [3.05, 3.63) is 59.1 Å². The Hall–Kier alpha value is -2.67. The van der Waals surface area contributed by atoms with E-state index in [2.05, 4.69) is 26.3 Å². The summed E-state index contributed by atoms with van der Waals surface area (Å²) < 4.78 is 6.31. The first-order valence-corrected chi connectivity index (χ1v) is 8.05. The predicted molar refractivity (Wildman–Crippen MR) is 93.8 cm³/mol. The van der Waals surface area contributed by atoms with Crippen LogP contribution in [0.3, 0.4) is 0 Å². The Kier molecular flexibility index (Phi) is 4.90. The molecule has 0 atom stereocenters. The number of anilines is 1. The quantitative estimate of drug-likeness (QED) is 0.876. The van der Waals surface area contributed by atoms with E-state index in [1.165, 1.54) is 5.01 Å². The molecule has 122 valence electrons. The highest BCUT2D eigenvalue weighted by Gasteiger charge is 2.26. The number of nitrogens with one attached hydrogen (secondary N) is 1. The fourth-order valence-corrected chi connectivity index (χ4v) is 2.41. The Morgan fingerprint density at radius 1 is 1.17 bits per heavy atom. The van der Waals surface area contributed by atoms with Crippen molar-refractivity contribution >= 4 is 39.3 Å². The van der Waals surface area contributed by atoms with Gasteiger partial charge in [0.2, 0.25) is 0 Å². The maximum Gasteiger partial charge on any atom is 0.263 e. The lowest BCUT2D eigenvalue weighted by Crippen LogP contribution is -2.33. The molecule has 1 aliphatic rings. The zero-order valence-electron chi connectivity index (χ0n) is 12.6. The summed E-state index contributed by atoms with van der Waals surface area (Å²) in [7, 11) is 0. The summed E-state index contributed by atoms with van der Waals surface area (Å²) in [5.74, 6) is 0.349. The molecule has 0 bridgehead atoms. The van der Waals surface area contributed by atoms with Crippen LogP contribution in [0.2, 0.25) is 0 Å². The molecular formula is C17H14BrN3O3. The van der Waals surface area contributed by atoms with Gasteiger partial charge in [0, 0.05) is 4.47 Å². The molecule has 0 fully saturated rings. The summed E-state index contributed by atoms with van der Waals surface area (Å²) in [6.07, 6.45) is 0.0545. The van der Waals surface area contributed by atoms with Crippen molar-refractivity contribution in [1.82, 2.24) is 5.32 Å². The van der Waals surface area contributed by atoms with Crippen molar-refractivity contribution in [3.8, 4) is 5.75 Å². The maximum atomic E-state index is 12.0. The predicted octanol–water partition coefficient (Wildman–Crippen LogP) is 2.69. The number of nitrogens with zero attached hydrogens (tertiary/aromatic N) is 2. The summed E-state index contributed by atoms with van der Waals surface area (Å²) in [5, 5.41) is 8.04. The molecule has 2 aromatic carbocycles. The molecule has 0 saturated heterocycles. The lowest BCUT2D eigenvalue weighted by molar-refractivity contribution is -0.121. The third-order valence-electron chi connectivity index (χ3n) is 3.24. The topological polar surface area (TPSA) is 71.0 Å². The Balaban J connectivity index is 1.56. The van der Waals surface area contributed by atoms with E-state index in [1.54, 1.807) is 24.3 Å². The molecule has 0 saturated carbocycles. The van der Waals surface area contributed by atoms with Crippen molar-refractivity contribution in [1.29, 1.82) is 0 Å². The van der Waals surface area contributed by atoms with E-state index in [4.69, 9.17) is 4.74 Å². The van der Waals surface area contributed by atoms with Crippen molar-refractivity contribution < 1.29 is 14.3 Å². The van der Waals surface area contributed by atoms with Gasteiger partial charge in [-0.25, -0.2) is 0 Å². The number of hydrogen-bond donors (Lipinski definition) is 1. The second kappa shape index (κ2) is 7.27. The molecule has 2 amide bonds. The summed E-state index contributed by atoms with van der Waals surface area (Å²) in [4.78, 5) is 23.9. The fourth-order valence-electron chi connectivity index (χ4n) is 2.15. The van der Waals surface area contributed by atoms with E-state index < -0.39 is 0 Å². The monoisotopic (exact) mass is 387 g/mol. The van der Waals surface area contributed by atoms with Gasteiger partial charge in [-0.1, -0.05) is 34.1 Å². The molecule has 1 heterocycles. The number of ether oxygens (including phenoxy) is 1. The van der Waals surface area contributed by atoms with Gasteiger partial charge in [-0.05, 0) is 36.4 Å². The third kappa shape index (κ3) is 3.99. The highest BCUT2D eigenvalue weighted by Crippen LogP contribution is 2.19. The molecule has 0 aliphatic carbocycles. The Bertz CT molecular complexity index is 775. The average molecular weight is 388 g/mol. The van der Waals surface area contributed by atoms with E-state index in [0.29, 0.717) is 17.3 Å². The highest BCUT2D eigenvalue weighted by atomic mass is 79.9. The zero-order chi connectivity index (χ0) is 16.9. The number of amides is 2. The molecule has 7 heteroatoms. The van der Waals surface area contributed by atoms with Crippen LogP contribution in [-0.4, -0.2) is 24.3 Å². The molecule has 24 heavy (non-hydrogen) atoms. The van der Waals surface area contributed by atoms with Crippen LogP contribution < -0.4 is 15.1 Å². The van der Waals surface area contributed by atoms with E-state index in [9.17, 15) is 9.59 Å². The van der Waals surface area contributed by atoms with Crippen LogP contribution in [0.4, 0.5) is 5.69 Å². The highest BCUT2D eigenvalue weighted by molar-refractivity contribution is 9.10. The van der Waals surface area contributed by atoms with Crippen molar-refractivity contribution in [2.75, 3.05) is 11.6 Å². The van der Waals surface area contributed by atoms with Crippen molar-refractivity contribution in [2.24, 2.45) is 5.10 Å². The average Bonchev–Trinajstić information content (AvgIpc) is 2.95. The number of hydrogen-bond acceptors (Lipinski definition) is 4. The molecule has 2 aromatic rings. The maximum absolute atomic E-state index is 12.0. The first-order chi connectivity index (χ1) is 11.6. The summed E-state index contributed by atoms with van der Waals surface area (Å²) in [6.45, 7) is -0.153. The molecule has 1 N–H and O–H groups in total. The number of carbonyl (C=O) groups is 2. The second-order valence-electron chi connectivity index (χ2n) is 5.06. The number of rotatable bonds is 4. The first kappa shape index (κ1) is 16.2. The molecule has 0 spiro atoms. The number of halogens is 1. The lowest BCUT2D eigenvalue weighted by atomic mass is 10.3. The zero-order valence-corrected chi connectivity index (χ0v) is 14.2. The summed E-state index contributed by atoms with van der Waals surface area (Å²) >= 11 is 3.33. The van der Waals surface area contributed by atoms with Crippen LogP contribution in [0.15, 0.2) is 64.2 Å². The van der Waals surface area contributed by atoms with Gasteiger partial charge in [0.1, 0.15) is 11.6 Å². The molecule has 0 unspecified atom stereocenters. The Morgan fingerprint density at radius 3 is 2.58 bits per heavy atom. The van der Waals surface area contributed by atoms with Gasteiger partial charge in [0.15, 0.2) is 6.61 Å². The lowest BCUT2D eigenvalue weighted by Gasteiger charge is -2.10. The molecule has 6 nitrogen and oxygen atoms in total. The van der Waals surface area contributed by atoms with Crippen molar-refractivity contribution in [2.45, 2.75) is 6.42 Å². The van der Waals surface area contributed by atoms with Crippen LogP contribution in [0, 0.1) is 0 Å². The van der Waals surface area contributed by atoms with Crippen LogP contribution >= 0.6 is 15.9 Å². The van der Waals surface area contributed by atoms with Crippen molar-refractivity contribution in [3.63, 3.8) is 0 Å². The number of amidine groups is 1. The summed E-state index contributed by atoms with van der Waals surface area (Å²) in [5.41, 5.74) is 0.665. The number of carbonyl (C=O) groups excluding carboxylic acids is 2. The largest absolute Gasteiger partial charge is 0.484 e. The number of para-hydroxylation sites is 1. The van der Waals surface area contributed by atoms with E-state index in [-0.39, 0.29) is 24.8 Å². The van der Waals surface area contributed by atoms with Gasteiger partial charge in [0.05, 0.1) is 12.1 Å². The van der Waals surface area contributed by atoms with E-state index >= 15 is 0 Å². The van der Waals surface area contributed by atoms with Crippen LogP contribution in [0.1, 0.15) is 6.42 Å². The molecule has 1 aliphatic heterocycles. The first-order valence-electron chi connectivity index (χ1n) is 7.25. The van der Waals surface area contributed by atoms with Gasteiger partial charge in [-0.3, -0.25) is 9.59 Å². The number of benzene rings is 2. The molecule has 0 radical (unpaired) electrons. The van der Waals surface area contributed by atoms with Gasteiger partial charge < -0.3 is 10.1 Å². The smallest absolute Gasteiger partial charge is 0.263 e.